The second kappa shape index (κ2) is 5.48. The summed E-state index contributed by atoms with van der Waals surface area (Å²) >= 11 is 0. The highest BCUT2D eigenvalue weighted by Crippen LogP contribution is 2.25. The first kappa shape index (κ1) is 13.2. The predicted octanol–water partition coefficient (Wildman–Crippen LogP) is 1.88. The molecule has 0 amide bonds. The molecule has 0 aromatic heterocycles. The number of carbonyl (C=O) groups excluding carboxylic acids is 1. The van der Waals surface area contributed by atoms with E-state index >= 15 is 0 Å². The minimum atomic E-state index is -1.53. The first-order valence-corrected chi connectivity index (χ1v) is 5.45. The maximum Gasteiger partial charge on any atom is 0.323 e. The molecule has 92 valence electrons. The van der Waals surface area contributed by atoms with E-state index in [1.807, 2.05) is 18.2 Å². The molecule has 0 saturated carbocycles. The lowest BCUT2D eigenvalue weighted by Gasteiger charge is -2.22. The Labute approximate surface area is 100 Å². The van der Waals surface area contributed by atoms with Crippen LogP contribution in [0.2, 0.25) is 0 Å². The highest BCUT2D eigenvalue weighted by atomic mass is 16.5. The van der Waals surface area contributed by atoms with E-state index in [1.165, 1.54) is 6.92 Å². The summed E-state index contributed by atoms with van der Waals surface area (Å²) in [6, 6.07) is 9.04. The van der Waals surface area contributed by atoms with Crippen LogP contribution in [0.4, 0.5) is 0 Å². The molecule has 1 rings (SSSR count). The quantitative estimate of drug-likeness (QED) is 0.626. The summed E-state index contributed by atoms with van der Waals surface area (Å²) in [6.07, 6.45) is 0.127. The van der Waals surface area contributed by atoms with Crippen LogP contribution in [0.25, 0.3) is 0 Å². The molecule has 1 atom stereocenters. The number of esters is 1. The average molecular weight is 236 g/mol. The molecule has 0 bridgehead atoms. The zero-order valence-electron chi connectivity index (χ0n) is 9.97. The number of carboxylic acids is 1. The second-order valence-corrected chi connectivity index (χ2v) is 4.02. The number of hydrogen-bond acceptors (Lipinski definition) is 3. The molecule has 1 aromatic carbocycles. The molecular weight excluding hydrogens is 220 g/mol. The molecule has 4 nitrogen and oxygen atoms in total. The van der Waals surface area contributed by atoms with Crippen molar-refractivity contribution in [3.63, 3.8) is 0 Å². The fraction of sp³-hybridized carbons (Fsp3) is 0.385. The van der Waals surface area contributed by atoms with E-state index in [-0.39, 0.29) is 13.0 Å². The van der Waals surface area contributed by atoms with E-state index < -0.39 is 17.4 Å². The van der Waals surface area contributed by atoms with Crippen LogP contribution in [0.5, 0.6) is 0 Å². The first-order valence-electron chi connectivity index (χ1n) is 5.45. The Morgan fingerprint density at radius 3 is 2.35 bits per heavy atom. The lowest BCUT2D eigenvalue weighted by Crippen LogP contribution is -2.39. The lowest BCUT2D eigenvalue weighted by molar-refractivity contribution is -0.167. The molecular formula is C13H16O4. The van der Waals surface area contributed by atoms with Gasteiger partial charge in [0.2, 0.25) is 0 Å². The molecule has 0 unspecified atom stereocenters. The van der Waals surface area contributed by atoms with Gasteiger partial charge in [-0.15, -0.1) is 0 Å². The Morgan fingerprint density at radius 1 is 1.29 bits per heavy atom. The fourth-order valence-corrected chi connectivity index (χ4v) is 1.53. The Hall–Kier alpha value is -1.84. The molecule has 0 radical (unpaired) electrons. The van der Waals surface area contributed by atoms with Gasteiger partial charge in [-0.25, -0.2) is 0 Å². The van der Waals surface area contributed by atoms with Crippen molar-refractivity contribution in [1.29, 1.82) is 0 Å². The normalized spacial score (nSPS) is 13.8. The van der Waals surface area contributed by atoms with Gasteiger partial charge in [0.05, 0.1) is 6.61 Å². The van der Waals surface area contributed by atoms with Gasteiger partial charge in [0.25, 0.3) is 0 Å². The number of carbonyl (C=O) groups is 2. The van der Waals surface area contributed by atoms with Gasteiger partial charge < -0.3 is 9.84 Å². The Kier molecular flexibility index (Phi) is 4.26. The van der Waals surface area contributed by atoms with Crippen molar-refractivity contribution >= 4 is 11.9 Å². The molecule has 0 aliphatic heterocycles. The third-order valence-electron chi connectivity index (χ3n) is 2.60. The van der Waals surface area contributed by atoms with E-state index in [1.54, 1.807) is 19.1 Å². The molecule has 1 aromatic rings. The predicted molar refractivity (Wildman–Crippen MR) is 62.5 cm³/mol. The largest absolute Gasteiger partial charge is 0.480 e. The summed E-state index contributed by atoms with van der Waals surface area (Å²) in [5.74, 6) is -1.86. The molecule has 0 fully saturated rings. The third kappa shape index (κ3) is 3.06. The van der Waals surface area contributed by atoms with Gasteiger partial charge in [-0.3, -0.25) is 9.59 Å². The minimum absolute atomic E-state index is 0.127. The van der Waals surface area contributed by atoms with E-state index in [9.17, 15) is 14.7 Å². The summed E-state index contributed by atoms with van der Waals surface area (Å²) in [7, 11) is 0. The number of hydrogen-bond donors (Lipinski definition) is 1. The van der Waals surface area contributed by atoms with Crippen molar-refractivity contribution in [1.82, 2.24) is 0 Å². The van der Waals surface area contributed by atoms with Crippen molar-refractivity contribution in [3.8, 4) is 0 Å². The Morgan fingerprint density at radius 2 is 1.88 bits per heavy atom. The van der Waals surface area contributed by atoms with Crippen molar-refractivity contribution in [2.45, 2.75) is 20.3 Å². The monoisotopic (exact) mass is 236 g/mol. The van der Waals surface area contributed by atoms with E-state index in [0.29, 0.717) is 0 Å². The number of carboxylic acid groups (broad SMARTS) is 1. The van der Waals surface area contributed by atoms with Gasteiger partial charge in [-0.2, -0.15) is 0 Å². The van der Waals surface area contributed by atoms with Gasteiger partial charge in [0.1, 0.15) is 0 Å². The third-order valence-corrected chi connectivity index (χ3v) is 2.60. The standard InChI is InChI=1S/C13H16O4/c1-3-17-12(16)13(2,11(14)15)9-10-7-5-4-6-8-10/h4-8H,3,9H2,1-2H3,(H,14,15)/t13-/m0/s1. The van der Waals surface area contributed by atoms with Gasteiger partial charge in [-0.1, -0.05) is 30.3 Å². The van der Waals surface area contributed by atoms with Crippen LogP contribution in [0, 0.1) is 5.41 Å². The number of ether oxygens (including phenoxy) is 1. The van der Waals surface area contributed by atoms with E-state index in [4.69, 9.17) is 4.74 Å². The summed E-state index contributed by atoms with van der Waals surface area (Å²) in [4.78, 5) is 22.9. The molecule has 0 spiro atoms. The highest BCUT2D eigenvalue weighted by molar-refractivity contribution is 5.99. The van der Waals surface area contributed by atoms with Crippen molar-refractivity contribution in [2.24, 2.45) is 5.41 Å². The smallest absolute Gasteiger partial charge is 0.323 e. The Bertz CT molecular complexity index is 399. The van der Waals surface area contributed by atoms with Crippen LogP contribution in [0.1, 0.15) is 19.4 Å². The van der Waals surface area contributed by atoms with Crippen molar-refractivity contribution < 1.29 is 19.4 Å². The van der Waals surface area contributed by atoms with Crippen LogP contribution in [-0.4, -0.2) is 23.7 Å². The SMILES string of the molecule is CCOC(=O)[C@@](C)(Cc1ccccc1)C(=O)O. The second-order valence-electron chi connectivity index (χ2n) is 4.02. The fourth-order valence-electron chi connectivity index (χ4n) is 1.53. The van der Waals surface area contributed by atoms with Crippen LogP contribution in [-0.2, 0) is 20.7 Å². The number of rotatable bonds is 5. The van der Waals surface area contributed by atoms with Crippen LogP contribution >= 0.6 is 0 Å². The summed E-state index contributed by atoms with van der Waals surface area (Å²) < 4.78 is 4.82. The summed E-state index contributed by atoms with van der Waals surface area (Å²) in [6.45, 7) is 3.22. The molecule has 0 saturated heterocycles. The molecule has 0 heterocycles. The van der Waals surface area contributed by atoms with Gasteiger partial charge in [0.15, 0.2) is 5.41 Å². The van der Waals surface area contributed by atoms with Crippen LogP contribution < -0.4 is 0 Å². The summed E-state index contributed by atoms with van der Waals surface area (Å²) in [5, 5.41) is 9.19. The zero-order valence-corrected chi connectivity index (χ0v) is 9.97. The van der Waals surface area contributed by atoms with Gasteiger partial charge >= 0.3 is 11.9 Å². The van der Waals surface area contributed by atoms with Gasteiger partial charge in [-0.05, 0) is 25.8 Å². The van der Waals surface area contributed by atoms with Crippen LogP contribution in [0.3, 0.4) is 0 Å². The maximum absolute atomic E-state index is 11.7. The zero-order chi connectivity index (χ0) is 12.9. The first-order chi connectivity index (χ1) is 8.00. The summed E-state index contributed by atoms with van der Waals surface area (Å²) in [5.41, 5.74) is -0.734. The van der Waals surface area contributed by atoms with Crippen molar-refractivity contribution in [3.05, 3.63) is 35.9 Å². The topological polar surface area (TPSA) is 63.6 Å². The Balaban J connectivity index is 2.93. The van der Waals surface area contributed by atoms with E-state index in [2.05, 4.69) is 0 Å². The van der Waals surface area contributed by atoms with Crippen molar-refractivity contribution in [2.75, 3.05) is 6.61 Å². The molecule has 17 heavy (non-hydrogen) atoms. The van der Waals surface area contributed by atoms with Crippen LogP contribution in [0.15, 0.2) is 30.3 Å². The number of aliphatic carboxylic acids is 1. The van der Waals surface area contributed by atoms with Gasteiger partial charge in [0, 0.05) is 0 Å². The molecule has 0 aliphatic rings. The maximum atomic E-state index is 11.7. The molecule has 0 aliphatic carbocycles. The minimum Gasteiger partial charge on any atom is -0.480 e. The molecule has 1 N–H and O–H groups in total. The van der Waals surface area contributed by atoms with E-state index in [0.717, 1.165) is 5.56 Å². The highest BCUT2D eigenvalue weighted by Gasteiger charge is 2.42. The molecule has 4 heteroatoms. The lowest BCUT2D eigenvalue weighted by atomic mass is 9.83. The average Bonchev–Trinajstić information content (AvgIpc) is 2.30. The number of benzene rings is 1.